The van der Waals surface area contributed by atoms with Crippen molar-refractivity contribution in [2.75, 3.05) is 0 Å². The molecule has 11 atom stereocenters. The Morgan fingerprint density at radius 3 is 1.81 bits per heavy atom. The van der Waals surface area contributed by atoms with E-state index in [1.807, 2.05) is 0 Å². The summed E-state index contributed by atoms with van der Waals surface area (Å²) in [6.45, 7) is 0. The van der Waals surface area contributed by atoms with Crippen LogP contribution in [0.2, 0.25) is 0 Å². The van der Waals surface area contributed by atoms with Gasteiger partial charge in [-0.25, -0.2) is 0 Å². The van der Waals surface area contributed by atoms with Crippen LogP contribution in [0.1, 0.15) is 62.2 Å². The predicted octanol–water partition coefficient (Wildman–Crippen LogP) is 7.06. The van der Waals surface area contributed by atoms with E-state index in [0.29, 0.717) is 62.3 Å². The smallest absolute Gasteiger partial charge is 0.165 e. The molecule has 20 heteroatoms. The lowest BCUT2D eigenvalue weighted by Gasteiger charge is -2.41. The summed E-state index contributed by atoms with van der Waals surface area (Å²) in [5.74, 6) is 1.18. The van der Waals surface area contributed by atoms with E-state index in [2.05, 4.69) is 56.8 Å². The lowest BCUT2D eigenvalue weighted by molar-refractivity contribution is 0.00190. The van der Waals surface area contributed by atoms with Crippen LogP contribution in [-0.4, -0.2) is 41.0 Å². The molecule has 0 aromatic heterocycles. The van der Waals surface area contributed by atoms with Gasteiger partial charge in [-0.05, 0) is 35.4 Å². The van der Waals surface area contributed by atoms with Crippen molar-refractivity contribution in [3.8, 4) is 57.5 Å². The molecule has 0 fully saturated rings. The van der Waals surface area contributed by atoms with E-state index in [9.17, 15) is 20.4 Å². The first-order valence-corrected chi connectivity index (χ1v) is 16.9. The van der Waals surface area contributed by atoms with Crippen LogP contribution >= 0.6 is 56.8 Å². The number of phenolic OH excluding ortho intramolecular Hbond substituents is 2. The van der Waals surface area contributed by atoms with Crippen LogP contribution in [0, 0.1) is 0 Å². The Morgan fingerprint density at radius 2 is 1.21 bits per heavy atom. The highest BCUT2D eigenvalue weighted by Crippen LogP contribution is 2.58. The molecule has 0 saturated heterocycles. The molecule has 0 amide bonds. The van der Waals surface area contributed by atoms with Crippen LogP contribution in [-0.2, 0) is 6.42 Å². The summed E-state index contributed by atoms with van der Waals surface area (Å²) < 4.78 is 46.6. The van der Waals surface area contributed by atoms with Gasteiger partial charge >= 0.3 is 0 Å². The van der Waals surface area contributed by atoms with Gasteiger partial charge in [-0.15, -0.1) is 0 Å². The molecule has 6 rings (SSSR count). The molecule has 3 radical (unpaired) electrons. The average Bonchev–Trinajstić information content (AvgIpc) is 3.11. The predicted molar refractivity (Wildman–Crippen MR) is 219 cm³/mol. The lowest BCUT2D eigenvalue weighted by atomic mass is 9.77. The summed E-state index contributed by atoms with van der Waals surface area (Å²) in [5, 5.41) is 43.9. The fourth-order valence-electron chi connectivity index (χ4n) is 6.19. The van der Waals surface area contributed by atoms with Gasteiger partial charge in [-0.1, -0.05) is 27.0 Å². The summed E-state index contributed by atoms with van der Waals surface area (Å²) in [7, 11) is 13.2. The SMILES string of the molecule is C.C.F.Oc1ccc(C2Oc3c(c(OP)cc(OP)c3C3c4c(OP)cc(OP)cc4OC(c4ccc(OP)c(OP)c4)C3O)CC2O)cc1O.[2HH].[B]. The van der Waals surface area contributed by atoms with Gasteiger partial charge in [0.2, 0.25) is 0 Å². The minimum atomic E-state index is -1.29. The average molecular weight is 836 g/mol. The maximum Gasteiger partial charge on any atom is 0.165 e. The highest BCUT2D eigenvalue weighted by Gasteiger charge is 2.47. The Hall–Kier alpha value is -2.63. The Bertz CT molecular complexity index is 1870. The number of ether oxygens (including phenoxy) is 2. The van der Waals surface area contributed by atoms with E-state index in [0.717, 1.165) is 0 Å². The molecule has 0 spiro atoms. The second-order valence-electron chi connectivity index (χ2n) is 10.9. The third-order valence-corrected chi connectivity index (χ3v) is 9.89. The topological polar surface area (TPSA) is 155 Å². The normalized spacial score (nSPS) is 19.5. The van der Waals surface area contributed by atoms with Gasteiger partial charge in [0.15, 0.2) is 29.1 Å². The number of aromatic hydroxyl groups is 2. The maximum absolute atomic E-state index is 12.4. The molecule has 11 unspecified atom stereocenters. The molecule has 4 N–H and O–H groups in total. The van der Waals surface area contributed by atoms with Gasteiger partial charge in [0.1, 0.15) is 46.7 Å². The van der Waals surface area contributed by atoms with Crippen LogP contribution in [0.15, 0.2) is 54.6 Å². The summed E-state index contributed by atoms with van der Waals surface area (Å²) in [4.78, 5) is 0. The zero-order valence-corrected chi connectivity index (χ0v) is 32.7. The number of fused-ring (bicyclic) bond motifs is 2. The molecule has 283 valence electrons. The van der Waals surface area contributed by atoms with Crippen LogP contribution in [0.4, 0.5) is 4.70 Å². The first-order valence-electron chi connectivity index (χ1n) is 14.1. The van der Waals surface area contributed by atoms with Crippen molar-refractivity contribution in [3.63, 3.8) is 0 Å². The summed E-state index contributed by atoms with van der Waals surface area (Å²) in [5.41, 5.74) is 2.35. The molecule has 2 aliphatic rings. The fourth-order valence-corrected chi connectivity index (χ4v) is 7.31. The van der Waals surface area contributed by atoms with Crippen LogP contribution < -0.4 is 36.6 Å². The largest absolute Gasteiger partial charge is 0.504 e. The molecular weight excluding hydrogens is 792 g/mol. The van der Waals surface area contributed by atoms with Gasteiger partial charge in [0, 0.05) is 51.1 Å². The van der Waals surface area contributed by atoms with Crippen LogP contribution in [0.3, 0.4) is 0 Å². The van der Waals surface area contributed by atoms with Crippen molar-refractivity contribution in [1.29, 1.82) is 0 Å². The molecule has 0 saturated carbocycles. The molecule has 2 heterocycles. The van der Waals surface area contributed by atoms with E-state index >= 15 is 0 Å². The summed E-state index contributed by atoms with van der Waals surface area (Å²) >= 11 is 0. The van der Waals surface area contributed by atoms with Crippen molar-refractivity contribution in [1.82, 2.24) is 0 Å². The Morgan fingerprint density at radius 1 is 0.615 bits per heavy atom. The molecule has 4 aromatic carbocycles. The third-order valence-electron chi connectivity index (χ3n) is 8.35. The number of hydrogen-bond acceptors (Lipinski definition) is 12. The molecule has 0 aliphatic carbocycles. The number of benzene rings is 4. The van der Waals surface area contributed by atoms with Crippen molar-refractivity contribution in [2.45, 2.75) is 51.6 Å². The minimum Gasteiger partial charge on any atom is -0.504 e. The quantitative estimate of drug-likeness (QED) is 0.0775. The van der Waals surface area contributed by atoms with Crippen LogP contribution in [0.25, 0.3) is 0 Å². The first-order chi connectivity index (χ1) is 23.2. The van der Waals surface area contributed by atoms with Gasteiger partial charge in [0.25, 0.3) is 0 Å². The zero-order valence-electron chi connectivity index (χ0n) is 25.8. The highest BCUT2D eigenvalue weighted by molar-refractivity contribution is 7.11. The maximum atomic E-state index is 12.4. The molecular formula is C32H43BFO12P6. The summed E-state index contributed by atoms with van der Waals surface area (Å²) in [6, 6.07) is 14.3. The Labute approximate surface area is 319 Å². The zero-order chi connectivity index (χ0) is 34.3. The number of hydrogen-bond donors (Lipinski definition) is 4. The standard InChI is InChI=1S/C30H32O12P6.2CH4.B.FH.H2/c31-15-3-1-11(5-16(15)32)28-17(33)9-14-19(39-45)10-23(42-48)25(30(14)36-28)26-24-21(7-13(37-43)8-22(24)41-47)35-29(27(26)34)12-2-4-18(38-44)20(6-12)40-46;;;;;/h1-8,10,17,26-29,31-34H,9,43-48H2;2*1H4;;2*1H/i;;;;;1+1. The van der Waals surface area contributed by atoms with Gasteiger partial charge in [0.05, 0.1) is 68.8 Å². The van der Waals surface area contributed by atoms with Gasteiger partial charge < -0.3 is 57.0 Å². The molecule has 2 aliphatic heterocycles. The van der Waals surface area contributed by atoms with E-state index in [1.165, 1.54) is 12.1 Å². The second-order valence-corrected chi connectivity index (χ2v) is 12.3. The third kappa shape index (κ3) is 8.21. The van der Waals surface area contributed by atoms with E-state index < -0.39 is 30.3 Å². The molecule has 12 nitrogen and oxygen atoms in total. The minimum absolute atomic E-state index is 0. The highest BCUT2D eigenvalue weighted by atomic mass is 31.0. The number of aliphatic hydroxyl groups excluding tert-OH is 2. The van der Waals surface area contributed by atoms with Gasteiger partial charge in [-0.2, -0.15) is 0 Å². The second kappa shape index (κ2) is 19.1. The van der Waals surface area contributed by atoms with Crippen molar-refractivity contribution in [3.05, 3.63) is 82.4 Å². The number of phenols is 2. The van der Waals surface area contributed by atoms with Crippen molar-refractivity contribution < 1.29 is 63.2 Å². The number of halogens is 1. The number of rotatable bonds is 9. The monoisotopic (exact) mass is 836 g/mol. The number of aliphatic hydroxyl groups is 2. The lowest BCUT2D eigenvalue weighted by Crippen LogP contribution is -2.37. The van der Waals surface area contributed by atoms with E-state index in [-0.39, 0.29) is 58.8 Å². The van der Waals surface area contributed by atoms with E-state index in [4.69, 9.17) is 36.6 Å². The van der Waals surface area contributed by atoms with Crippen molar-refractivity contribution in [2.24, 2.45) is 0 Å². The van der Waals surface area contributed by atoms with Crippen LogP contribution in [0.5, 0.6) is 57.5 Å². The Balaban J connectivity index is 0.00000281. The van der Waals surface area contributed by atoms with Crippen molar-refractivity contribution >= 4 is 65.2 Å². The van der Waals surface area contributed by atoms with Gasteiger partial charge in [-0.3, -0.25) is 4.70 Å². The first kappa shape index (κ1) is 45.5. The summed E-state index contributed by atoms with van der Waals surface area (Å²) in [6.07, 6.45) is -4.26. The Kier molecular flexibility index (Phi) is 16.7. The van der Waals surface area contributed by atoms with E-state index in [1.54, 1.807) is 42.5 Å². The molecule has 4 aromatic rings. The molecule has 0 bridgehead atoms. The molecule has 52 heavy (non-hydrogen) atoms. The fraction of sp³-hybridized carbons (Fsp3) is 0.250.